The minimum absolute atomic E-state index is 0.137. The summed E-state index contributed by atoms with van der Waals surface area (Å²) in [5.41, 5.74) is 1.13. The van der Waals surface area contributed by atoms with E-state index in [-0.39, 0.29) is 12.0 Å². The average Bonchev–Trinajstić information content (AvgIpc) is 2.86. The number of para-hydroxylation sites is 1. The van der Waals surface area contributed by atoms with E-state index in [2.05, 4.69) is 6.07 Å². The summed E-state index contributed by atoms with van der Waals surface area (Å²) in [6.07, 6.45) is 4.40. The van der Waals surface area contributed by atoms with Crippen molar-refractivity contribution in [3.63, 3.8) is 0 Å². The molecule has 0 saturated heterocycles. The van der Waals surface area contributed by atoms with Crippen LogP contribution in [0.2, 0.25) is 0 Å². The van der Waals surface area contributed by atoms with Gasteiger partial charge in [0.15, 0.2) is 6.10 Å². The molecule has 3 rings (SSSR count). The number of carbonyl (C=O) groups excluding carboxylic acids is 1. The number of benzene rings is 1. The minimum Gasteiger partial charge on any atom is -0.481 e. The second kappa shape index (κ2) is 4.63. The van der Waals surface area contributed by atoms with E-state index < -0.39 is 0 Å². The zero-order valence-electron chi connectivity index (χ0n) is 10.8. The zero-order chi connectivity index (χ0) is 12.5. The molecule has 1 aromatic carbocycles. The molecule has 1 saturated carbocycles. The predicted molar refractivity (Wildman–Crippen MR) is 69.3 cm³/mol. The van der Waals surface area contributed by atoms with Crippen molar-refractivity contribution < 1.29 is 9.53 Å². The van der Waals surface area contributed by atoms with Gasteiger partial charge in [-0.25, -0.2) is 0 Å². The van der Waals surface area contributed by atoms with Crippen molar-refractivity contribution in [3.05, 3.63) is 29.8 Å². The lowest BCUT2D eigenvalue weighted by atomic mass is 10.1. The molecule has 1 unspecified atom stereocenters. The molecular formula is C15H19NO2. The summed E-state index contributed by atoms with van der Waals surface area (Å²) in [5.74, 6) is 0.997. The van der Waals surface area contributed by atoms with E-state index >= 15 is 0 Å². The fourth-order valence-electron chi connectivity index (χ4n) is 3.01. The Balaban J connectivity index is 1.92. The van der Waals surface area contributed by atoms with E-state index in [9.17, 15) is 4.79 Å². The number of carbonyl (C=O) groups is 1. The van der Waals surface area contributed by atoms with E-state index in [1.807, 2.05) is 30.0 Å². The van der Waals surface area contributed by atoms with Crippen molar-refractivity contribution in [2.24, 2.45) is 0 Å². The highest BCUT2D eigenvalue weighted by Gasteiger charge is 2.33. The summed E-state index contributed by atoms with van der Waals surface area (Å²) in [5, 5.41) is 0. The lowest BCUT2D eigenvalue weighted by Gasteiger charge is -2.28. The van der Waals surface area contributed by atoms with E-state index in [1.54, 1.807) is 0 Å². The van der Waals surface area contributed by atoms with Gasteiger partial charge in [0.2, 0.25) is 0 Å². The smallest absolute Gasteiger partial charge is 0.263 e. The third-order valence-corrected chi connectivity index (χ3v) is 4.01. The Morgan fingerprint density at radius 3 is 2.72 bits per heavy atom. The number of rotatable bonds is 1. The largest absolute Gasteiger partial charge is 0.481 e. The minimum atomic E-state index is -0.366. The summed E-state index contributed by atoms with van der Waals surface area (Å²) in [6.45, 7) is 2.55. The molecule has 1 aliphatic heterocycles. The number of hydrogen-bond acceptors (Lipinski definition) is 2. The molecule has 0 spiro atoms. The number of ether oxygens (including phenoxy) is 1. The third-order valence-electron chi connectivity index (χ3n) is 4.01. The van der Waals surface area contributed by atoms with Gasteiger partial charge in [-0.1, -0.05) is 31.0 Å². The second-order valence-electron chi connectivity index (χ2n) is 5.27. The summed E-state index contributed by atoms with van der Waals surface area (Å²) >= 11 is 0. The van der Waals surface area contributed by atoms with Crippen LogP contribution in [0.25, 0.3) is 0 Å². The molecule has 0 bridgehead atoms. The van der Waals surface area contributed by atoms with Gasteiger partial charge in [-0.15, -0.1) is 0 Å². The first-order valence-corrected chi connectivity index (χ1v) is 6.81. The first-order valence-electron chi connectivity index (χ1n) is 6.81. The fourth-order valence-corrected chi connectivity index (χ4v) is 3.01. The van der Waals surface area contributed by atoms with E-state index in [4.69, 9.17) is 4.74 Å². The Morgan fingerprint density at radius 1 is 1.22 bits per heavy atom. The van der Waals surface area contributed by atoms with Crippen LogP contribution in [-0.2, 0) is 11.3 Å². The van der Waals surface area contributed by atoms with Gasteiger partial charge >= 0.3 is 0 Å². The predicted octanol–water partition coefficient (Wildman–Crippen LogP) is 2.74. The number of fused-ring (bicyclic) bond motifs is 1. The van der Waals surface area contributed by atoms with Crippen molar-refractivity contribution in [2.75, 3.05) is 0 Å². The van der Waals surface area contributed by atoms with Gasteiger partial charge in [-0.3, -0.25) is 4.79 Å². The van der Waals surface area contributed by atoms with Gasteiger partial charge in [0, 0.05) is 18.2 Å². The maximum absolute atomic E-state index is 12.4. The molecule has 0 radical (unpaired) electrons. The number of hydrogen-bond donors (Lipinski definition) is 0. The summed E-state index contributed by atoms with van der Waals surface area (Å²) in [7, 11) is 0. The first kappa shape index (κ1) is 11.6. The quantitative estimate of drug-likeness (QED) is 0.761. The molecule has 1 aliphatic carbocycles. The summed E-state index contributed by atoms with van der Waals surface area (Å²) < 4.78 is 5.77. The number of nitrogens with zero attached hydrogens (tertiary/aromatic N) is 1. The lowest BCUT2D eigenvalue weighted by Crippen LogP contribution is -2.43. The van der Waals surface area contributed by atoms with Crippen molar-refractivity contribution >= 4 is 5.91 Å². The average molecular weight is 245 g/mol. The third kappa shape index (κ3) is 1.98. The van der Waals surface area contributed by atoms with E-state index in [0.717, 1.165) is 24.2 Å². The Morgan fingerprint density at radius 2 is 1.94 bits per heavy atom. The zero-order valence-corrected chi connectivity index (χ0v) is 10.8. The van der Waals surface area contributed by atoms with Crippen LogP contribution in [0.5, 0.6) is 5.75 Å². The van der Waals surface area contributed by atoms with Gasteiger partial charge in [-0.2, -0.15) is 0 Å². The highest BCUT2D eigenvalue weighted by Crippen LogP contribution is 2.31. The van der Waals surface area contributed by atoms with Crippen LogP contribution in [0.1, 0.15) is 38.2 Å². The van der Waals surface area contributed by atoms with Gasteiger partial charge in [-0.05, 0) is 25.8 Å². The monoisotopic (exact) mass is 245 g/mol. The highest BCUT2D eigenvalue weighted by molar-refractivity contribution is 5.82. The molecule has 96 valence electrons. The number of amides is 1. The van der Waals surface area contributed by atoms with Crippen LogP contribution in [0, 0.1) is 0 Å². The lowest BCUT2D eigenvalue weighted by molar-refractivity contribution is -0.139. The molecule has 1 heterocycles. The molecule has 18 heavy (non-hydrogen) atoms. The summed E-state index contributed by atoms with van der Waals surface area (Å²) in [4.78, 5) is 14.4. The van der Waals surface area contributed by atoms with Crippen LogP contribution >= 0.6 is 0 Å². The van der Waals surface area contributed by atoms with Crippen molar-refractivity contribution in [1.82, 2.24) is 4.90 Å². The van der Waals surface area contributed by atoms with Crippen molar-refractivity contribution in [3.8, 4) is 5.75 Å². The molecule has 3 heteroatoms. The topological polar surface area (TPSA) is 29.5 Å². The highest BCUT2D eigenvalue weighted by atomic mass is 16.5. The van der Waals surface area contributed by atoms with Crippen molar-refractivity contribution in [2.45, 2.75) is 51.3 Å². The summed E-state index contributed by atoms with van der Waals surface area (Å²) in [6, 6.07) is 8.39. The van der Waals surface area contributed by atoms with Crippen LogP contribution in [-0.4, -0.2) is 23.0 Å². The standard InChI is InChI=1S/C15H19NO2/c1-11-15(17)16(13-7-3-4-8-13)10-12-6-2-5-9-14(12)18-11/h2,5-6,9,11,13H,3-4,7-8,10H2,1H3. The second-order valence-corrected chi connectivity index (χ2v) is 5.27. The Bertz CT molecular complexity index is 452. The Hall–Kier alpha value is -1.51. The van der Waals surface area contributed by atoms with Crippen molar-refractivity contribution in [1.29, 1.82) is 0 Å². The van der Waals surface area contributed by atoms with E-state index in [1.165, 1.54) is 12.8 Å². The van der Waals surface area contributed by atoms with Crippen LogP contribution in [0.4, 0.5) is 0 Å². The molecule has 1 aromatic rings. The van der Waals surface area contributed by atoms with Gasteiger partial charge < -0.3 is 9.64 Å². The van der Waals surface area contributed by atoms with E-state index in [0.29, 0.717) is 12.6 Å². The fraction of sp³-hybridized carbons (Fsp3) is 0.533. The molecule has 1 amide bonds. The van der Waals surface area contributed by atoms with Gasteiger partial charge in [0.1, 0.15) is 5.75 Å². The first-order chi connectivity index (χ1) is 8.75. The SMILES string of the molecule is CC1Oc2ccccc2CN(C2CCCC2)C1=O. The molecule has 0 aromatic heterocycles. The maximum atomic E-state index is 12.4. The van der Waals surface area contributed by atoms with Crippen LogP contribution < -0.4 is 4.74 Å². The Kier molecular flexibility index (Phi) is 2.98. The van der Waals surface area contributed by atoms with Crippen LogP contribution in [0.3, 0.4) is 0 Å². The van der Waals surface area contributed by atoms with Gasteiger partial charge in [0.05, 0.1) is 0 Å². The normalized spacial score (nSPS) is 24.6. The maximum Gasteiger partial charge on any atom is 0.263 e. The molecule has 0 N–H and O–H groups in total. The molecule has 3 nitrogen and oxygen atoms in total. The van der Waals surface area contributed by atoms with Gasteiger partial charge in [0.25, 0.3) is 5.91 Å². The van der Waals surface area contributed by atoms with Crippen LogP contribution in [0.15, 0.2) is 24.3 Å². The Labute approximate surface area is 108 Å². The molecule has 2 aliphatic rings. The molecule has 1 atom stereocenters. The molecular weight excluding hydrogens is 226 g/mol. The molecule has 1 fully saturated rings.